The number of carbonyl (C=O) groups excluding carboxylic acids is 1. The Kier molecular flexibility index (Phi) is 4.56. The van der Waals surface area contributed by atoms with Gasteiger partial charge in [-0.1, -0.05) is 0 Å². The number of ether oxygens (including phenoxy) is 2. The van der Waals surface area contributed by atoms with Crippen LogP contribution in [0.3, 0.4) is 0 Å². The van der Waals surface area contributed by atoms with Crippen molar-refractivity contribution in [2.45, 2.75) is 44.9 Å². The van der Waals surface area contributed by atoms with Crippen LogP contribution in [-0.4, -0.2) is 44.0 Å². The van der Waals surface area contributed by atoms with Crippen molar-refractivity contribution in [3.05, 3.63) is 0 Å². The fourth-order valence-electron chi connectivity index (χ4n) is 1.68. The van der Waals surface area contributed by atoms with Gasteiger partial charge < -0.3 is 20.1 Å². The second-order valence-corrected chi connectivity index (χ2v) is 5.01. The van der Waals surface area contributed by atoms with Gasteiger partial charge in [-0.25, -0.2) is 4.79 Å². The lowest BCUT2D eigenvalue weighted by molar-refractivity contribution is 0.0264. The molecule has 16 heavy (non-hydrogen) atoms. The molecular weight excluding hydrogens is 208 g/mol. The fourth-order valence-corrected chi connectivity index (χ4v) is 1.68. The second kappa shape index (κ2) is 5.50. The molecule has 1 aliphatic heterocycles. The lowest BCUT2D eigenvalue weighted by Gasteiger charge is -2.32. The van der Waals surface area contributed by atoms with Crippen molar-refractivity contribution in [2.24, 2.45) is 0 Å². The molecule has 0 aliphatic carbocycles. The monoisotopic (exact) mass is 230 g/mol. The van der Waals surface area contributed by atoms with Crippen molar-refractivity contribution in [2.75, 3.05) is 20.3 Å². The molecule has 1 aliphatic rings. The van der Waals surface area contributed by atoms with E-state index in [0.29, 0.717) is 6.61 Å². The van der Waals surface area contributed by atoms with Gasteiger partial charge in [0.25, 0.3) is 0 Å². The smallest absolute Gasteiger partial charge is 0.408 e. The van der Waals surface area contributed by atoms with E-state index in [1.54, 1.807) is 0 Å². The van der Waals surface area contributed by atoms with E-state index in [4.69, 9.17) is 9.47 Å². The average Bonchev–Trinajstić information content (AvgIpc) is 2.15. The Morgan fingerprint density at radius 1 is 1.38 bits per heavy atom. The summed E-state index contributed by atoms with van der Waals surface area (Å²) in [4.78, 5) is 11.6. The summed E-state index contributed by atoms with van der Waals surface area (Å²) in [5, 5.41) is 6.00. The van der Waals surface area contributed by atoms with Crippen LogP contribution in [0, 0.1) is 0 Å². The van der Waals surface area contributed by atoms with E-state index in [2.05, 4.69) is 10.6 Å². The van der Waals surface area contributed by atoms with Crippen LogP contribution in [0.2, 0.25) is 0 Å². The van der Waals surface area contributed by atoms with Gasteiger partial charge in [0.2, 0.25) is 0 Å². The van der Waals surface area contributed by atoms with Gasteiger partial charge in [-0.05, 0) is 34.2 Å². The summed E-state index contributed by atoms with van der Waals surface area (Å²) in [7, 11) is 1.89. The highest BCUT2D eigenvalue weighted by atomic mass is 16.6. The molecular formula is C11H22N2O3. The summed E-state index contributed by atoms with van der Waals surface area (Å²) < 4.78 is 10.5. The molecule has 2 N–H and O–H groups in total. The number of carbonyl (C=O) groups is 1. The van der Waals surface area contributed by atoms with Gasteiger partial charge in [0, 0.05) is 12.6 Å². The Hall–Kier alpha value is -0.810. The zero-order chi connectivity index (χ0) is 12.2. The number of hydrogen-bond acceptors (Lipinski definition) is 4. The molecule has 0 spiro atoms. The minimum Gasteiger partial charge on any atom is -0.444 e. The summed E-state index contributed by atoms with van der Waals surface area (Å²) in [5.74, 6) is 0. The average molecular weight is 230 g/mol. The van der Waals surface area contributed by atoms with Crippen LogP contribution in [0.1, 0.15) is 27.2 Å². The maximum absolute atomic E-state index is 11.6. The van der Waals surface area contributed by atoms with Gasteiger partial charge in [0.1, 0.15) is 5.60 Å². The van der Waals surface area contributed by atoms with Crippen LogP contribution in [-0.2, 0) is 9.47 Å². The third-order valence-electron chi connectivity index (χ3n) is 2.43. The topological polar surface area (TPSA) is 59.6 Å². The first kappa shape index (κ1) is 13.3. The van der Waals surface area contributed by atoms with E-state index in [-0.39, 0.29) is 18.2 Å². The molecule has 1 amide bonds. The van der Waals surface area contributed by atoms with Gasteiger partial charge in [-0.2, -0.15) is 0 Å². The number of hydrogen-bond donors (Lipinski definition) is 2. The minimum absolute atomic E-state index is 0.0198. The van der Waals surface area contributed by atoms with Crippen LogP contribution in [0.15, 0.2) is 0 Å². The normalized spacial score (nSPS) is 26.2. The standard InChI is InChI=1S/C11H22N2O3/c1-11(2,3)16-10(14)13-9-7-15-6-5-8(9)12-4/h8-9,12H,5-7H2,1-4H3,(H,13,14)/t8-,9+/m1/s1. The molecule has 0 unspecified atom stereocenters. The number of nitrogens with one attached hydrogen (secondary N) is 2. The molecule has 0 bridgehead atoms. The first-order valence-electron chi connectivity index (χ1n) is 5.67. The summed E-state index contributed by atoms with van der Waals surface area (Å²) >= 11 is 0. The highest BCUT2D eigenvalue weighted by Gasteiger charge is 2.27. The summed E-state index contributed by atoms with van der Waals surface area (Å²) in [5.41, 5.74) is -0.464. The number of likely N-dealkylation sites (N-methyl/N-ethyl adjacent to an activating group) is 1. The Labute approximate surface area is 96.9 Å². The lowest BCUT2D eigenvalue weighted by Crippen LogP contribution is -2.55. The van der Waals surface area contributed by atoms with Gasteiger partial charge >= 0.3 is 6.09 Å². The molecule has 2 atom stereocenters. The Bertz CT molecular complexity index is 238. The molecule has 0 aromatic rings. The molecule has 1 heterocycles. The molecule has 94 valence electrons. The van der Waals surface area contributed by atoms with Crippen molar-refractivity contribution in [3.63, 3.8) is 0 Å². The van der Waals surface area contributed by atoms with Crippen molar-refractivity contribution in [1.29, 1.82) is 0 Å². The van der Waals surface area contributed by atoms with Crippen LogP contribution in [0.5, 0.6) is 0 Å². The molecule has 5 nitrogen and oxygen atoms in total. The van der Waals surface area contributed by atoms with Gasteiger partial charge in [0.15, 0.2) is 0 Å². The predicted octanol–water partition coefficient (Wildman–Crippen LogP) is 0.888. The van der Waals surface area contributed by atoms with Crippen molar-refractivity contribution in [3.8, 4) is 0 Å². The van der Waals surface area contributed by atoms with Crippen LogP contribution >= 0.6 is 0 Å². The lowest BCUT2D eigenvalue weighted by atomic mass is 10.0. The van der Waals surface area contributed by atoms with Crippen LogP contribution in [0.4, 0.5) is 4.79 Å². The van der Waals surface area contributed by atoms with E-state index in [1.807, 2.05) is 27.8 Å². The van der Waals surface area contributed by atoms with Crippen molar-refractivity contribution >= 4 is 6.09 Å². The first-order chi connectivity index (χ1) is 7.42. The minimum atomic E-state index is -0.464. The van der Waals surface area contributed by atoms with E-state index in [1.165, 1.54) is 0 Å². The number of alkyl carbamates (subject to hydrolysis) is 1. The molecule has 1 rings (SSSR count). The molecule has 1 fully saturated rings. The van der Waals surface area contributed by atoms with Crippen molar-refractivity contribution in [1.82, 2.24) is 10.6 Å². The Morgan fingerprint density at radius 3 is 2.62 bits per heavy atom. The molecule has 1 saturated heterocycles. The first-order valence-corrected chi connectivity index (χ1v) is 5.67. The quantitative estimate of drug-likeness (QED) is 0.739. The van der Waals surface area contributed by atoms with E-state index < -0.39 is 5.60 Å². The van der Waals surface area contributed by atoms with Crippen LogP contribution < -0.4 is 10.6 Å². The summed E-state index contributed by atoms with van der Waals surface area (Å²) in [6, 6.07) is 0.231. The Balaban J connectivity index is 2.42. The van der Waals surface area contributed by atoms with Gasteiger partial charge in [0.05, 0.1) is 12.6 Å². The van der Waals surface area contributed by atoms with Crippen molar-refractivity contribution < 1.29 is 14.3 Å². The largest absolute Gasteiger partial charge is 0.444 e. The van der Waals surface area contributed by atoms with Crippen LogP contribution in [0.25, 0.3) is 0 Å². The zero-order valence-electron chi connectivity index (χ0n) is 10.5. The van der Waals surface area contributed by atoms with E-state index >= 15 is 0 Å². The predicted molar refractivity (Wildman–Crippen MR) is 61.4 cm³/mol. The molecule has 0 saturated carbocycles. The third kappa shape index (κ3) is 4.37. The molecule has 5 heteroatoms. The number of rotatable bonds is 2. The third-order valence-corrected chi connectivity index (χ3v) is 2.43. The fraction of sp³-hybridized carbons (Fsp3) is 0.909. The number of amides is 1. The maximum atomic E-state index is 11.6. The Morgan fingerprint density at radius 2 is 2.06 bits per heavy atom. The zero-order valence-corrected chi connectivity index (χ0v) is 10.5. The molecule has 0 aromatic heterocycles. The second-order valence-electron chi connectivity index (χ2n) is 5.01. The SMILES string of the molecule is CN[C@@H]1CCOC[C@@H]1NC(=O)OC(C)(C)C. The highest BCUT2D eigenvalue weighted by Crippen LogP contribution is 2.10. The summed E-state index contributed by atoms with van der Waals surface area (Å²) in [6.07, 6.45) is 0.514. The summed E-state index contributed by atoms with van der Waals surface area (Å²) in [6.45, 7) is 6.81. The highest BCUT2D eigenvalue weighted by molar-refractivity contribution is 5.68. The van der Waals surface area contributed by atoms with Gasteiger partial charge in [-0.3, -0.25) is 0 Å². The molecule has 0 radical (unpaired) electrons. The molecule has 0 aromatic carbocycles. The van der Waals surface area contributed by atoms with E-state index in [9.17, 15) is 4.79 Å². The maximum Gasteiger partial charge on any atom is 0.408 e. The van der Waals surface area contributed by atoms with Gasteiger partial charge in [-0.15, -0.1) is 0 Å². The van der Waals surface area contributed by atoms with E-state index in [0.717, 1.165) is 13.0 Å².